The van der Waals surface area contributed by atoms with E-state index in [1.54, 1.807) is 0 Å². The summed E-state index contributed by atoms with van der Waals surface area (Å²) in [7, 11) is 0. The third kappa shape index (κ3) is 37.7. The van der Waals surface area contributed by atoms with Crippen molar-refractivity contribution in [2.75, 3.05) is 0 Å². The number of unbranched alkanes of at least 4 members (excludes halogenated alkanes) is 12. The lowest BCUT2D eigenvalue weighted by Crippen LogP contribution is -2.13. The van der Waals surface area contributed by atoms with Crippen molar-refractivity contribution in [1.29, 1.82) is 0 Å². The van der Waals surface area contributed by atoms with E-state index in [1.165, 1.54) is 57.8 Å². The summed E-state index contributed by atoms with van der Waals surface area (Å²) >= 11 is 0. The van der Waals surface area contributed by atoms with Crippen LogP contribution in [-0.4, -0.2) is 33.2 Å². The van der Waals surface area contributed by atoms with E-state index in [1.807, 2.05) is 0 Å². The lowest BCUT2D eigenvalue weighted by atomic mass is 9.95. The van der Waals surface area contributed by atoms with Crippen LogP contribution in [0.1, 0.15) is 156 Å². The van der Waals surface area contributed by atoms with E-state index in [4.69, 9.17) is 15.3 Å². The molecule has 0 aromatic carbocycles. The molecular weight excluding hydrogens is 432 g/mol. The van der Waals surface area contributed by atoms with E-state index in [2.05, 4.69) is 27.7 Å². The molecule has 0 spiro atoms. The average Bonchev–Trinajstić information content (AvgIpc) is 2.78. The number of carboxylic acid groups (broad SMARTS) is 3. The van der Waals surface area contributed by atoms with Gasteiger partial charge in [0, 0.05) is 12.8 Å². The molecule has 204 valence electrons. The van der Waals surface area contributed by atoms with Gasteiger partial charge in [0.1, 0.15) is 0 Å². The molecule has 0 rings (SSSR count). The van der Waals surface area contributed by atoms with Crippen LogP contribution in [0.15, 0.2) is 0 Å². The molecule has 0 radical (unpaired) electrons. The molecule has 0 aromatic heterocycles. The van der Waals surface area contributed by atoms with Crippen LogP contribution in [0, 0.1) is 5.92 Å². The molecule has 0 heterocycles. The standard InChI is InChI=1S/C12H24O2.2C8H16O2/c1-3-5-7-8-10-11(12(13)14)9-6-4-2;2*1-2-3-4-5-6-7-8(9)10/h11H,3-10H2,1-2H3,(H,13,14);2*2-7H2,1H3,(H,9,10). The second-order valence-corrected chi connectivity index (χ2v) is 9.14. The van der Waals surface area contributed by atoms with Crippen LogP contribution in [0.2, 0.25) is 0 Å². The van der Waals surface area contributed by atoms with Gasteiger partial charge in [-0.25, -0.2) is 0 Å². The molecule has 0 saturated heterocycles. The van der Waals surface area contributed by atoms with Crippen molar-refractivity contribution in [2.24, 2.45) is 5.92 Å². The number of rotatable bonds is 21. The Morgan fingerprint density at radius 2 is 0.794 bits per heavy atom. The fraction of sp³-hybridized carbons (Fsp3) is 0.893. The number of aliphatic carboxylic acids is 3. The highest BCUT2D eigenvalue weighted by Crippen LogP contribution is 2.17. The van der Waals surface area contributed by atoms with E-state index in [0.717, 1.165) is 57.8 Å². The zero-order chi connectivity index (χ0) is 26.5. The van der Waals surface area contributed by atoms with Crippen molar-refractivity contribution in [3.63, 3.8) is 0 Å². The minimum atomic E-state index is -0.670. The minimum Gasteiger partial charge on any atom is -0.481 e. The molecule has 0 aliphatic rings. The highest BCUT2D eigenvalue weighted by atomic mass is 16.4. The number of hydrogen-bond acceptors (Lipinski definition) is 3. The molecule has 3 N–H and O–H groups in total. The maximum absolute atomic E-state index is 10.9. The summed E-state index contributed by atoms with van der Waals surface area (Å²) in [5, 5.41) is 25.5. The molecular formula is C28H56O6. The van der Waals surface area contributed by atoms with Gasteiger partial charge in [0.25, 0.3) is 0 Å². The van der Waals surface area contributed by atoms with E-state index < -0.39 is 17.9 Å². The minimum absolute atomic E-state index is 0.0909. The molecule has 0 aliphatic heterocycles. The molecule has 34 heavy (non-hydrogen) atoms. The zero-order valence-corrected chi connectivity index (χ0v) is 22.8. The Labute approximate surface area is 209 Å². The van der Waals surface area contributed by atoms with Crippen LogP contribution in [0.4, 0.5) is 0 Å². The van der Waals surface area contributed by atoms with Crippen LogP contribution in [0.5, 0.6) is 0 Å². The molecule has 0 aromatic rings. The van der Waals surface area contributed by atoms with Gasteiger partial charge < -0.3 is 15.3 Å². The van der Waals surface area contributed by atoms with Crippen molar-refractivity contribution < 1.29 is 29.7 Å². The summed E-state index contributed by atoms with van der Waals surface area (Å²) in [6.07, 6.45) is 20.4. The lowest BCUT2D eigenvalue weighted by molar-refractivity contribution is -0.142. The summed E-state index contributed by atoms with van der Waals surface area (Å²) in [6, 6.07) is 0. The van der Waals surface area contributed by atoms with Crippen molar-refractivity contribution in [3.05, 3.63) is 0 Å². The first kappa shape index (κ1) is 37.0. The molecule has 0 aliphatic carbocycles. The monoisotopic (exact) mass is 488 g/mol. The quantitative estimate of drug-likeness (QED) is 0.139. The van der Waals surface area contributed by atoms with Crippen LogP contribution < -0.4 is 0 Å². The van der Waals surface area contributed by atoms with Crippen molar-refractivity contribution in [3.8, 4) is 0 Å². The second-order valence-electron chi connectivity index (χ2n) is 9.14. The van der Waals surface area contributed by atoms with Gasteiger partial charge in [-0.2, -0.15) is 0 Å². The summed E-state index contributed by atoms with van der Waals surface area (Å²) in [4.78, 5) is 30.9. The SMILES string of the molecule is CCCCCCC(CCCC)C(=O)O.CCCCCCCC(=O)O.CCCCCCCC(=O)O. The highest BCUT2D eigenvalue weighted by Gasteiger charge is 2.15. The zero-order valence-electron chi connectivity index (χ0n) is 22.8. The maximum Gasteiger partial charge on any atom is 0.306 e. The third-order valence-corrected chi connectivity index (χ3v) is 5.65. The van der Waals surface area contributed by atoms with Crippen molar-refractivity contribution >= 4 is 17.9 Å². The van der Waals surface area contributed by atoms with Gasteiger partial charge in [-0.1, -0.05) is 118 Å². The third-order valence-electron chi connectivity index (χ3n) is 5.65. The first-order chi connectivity index (χ1) is 16.3. The smallest absolute Gasteiger partial charge is 0.306 e. The van der Waals surface area contributed by atoms with E-state index in [9.17, 15) is 14.4 Å². The Morgan fingerprint density at radius 1 is 0.471 bits per heavy atom. The van der Waals surface area contributed by atoms with Gasteiger partial charge in [0.2, 0.25) is 0 Å². The average molecular weight is 489 g/mol. The summed E-state index contributed by atoms with van der Waals surface area (Å²) in [6.45, 7) is 8.58. The first-order valence-electron chi connectivity index (χ1n) is 13.9. The van der Waals surface area contributed by atoms with E-state index in [0.29, 0.717) is 12.8 Å². The van der Waals surface area contributed by atoms with Crippen LogP contribution >= 0.6 is 0 Å². The first-order valence-corrected chi connectivity index (χ1v) is 13.9. The predicted molar refractivity (Wildman–Crippen MR) is 141 cm³/mol. The van der Waals surface area contributed by atoms with Crippen molar-refractivity contribution in [2.45, 2.75) is 156 Å². The number of hydrogen-bond donors (Lipinski definition) is 3. The van der Waals surface area contributed by atoms with Gasteiger partial charge >= 0.3 is 17.9 Å². The van der Waals surface area contributed by atoms with Gasteiger partial charge in [-0.05, 0) is 25.7 Å². The molecule has 0 bridgehead atoms. The van der Waals surface area contributed by atoms with Crippen molar-refractivity contribution in [1.82, 2.24) is 0 Å². The van der Waals surface area contributed by atoms with E-state index >= 15 is 0 Å². The number of carbonyl (C=O) groups is 3. The Balaban J connectivity index is -0.000000434. The van der Waals surface area contributed by atoms with Gasteiger partial charge in [-0.3, -0.25) is 14.4 Å². The summed E-state index contributed by atoms with van der Waals surface area (Å²) in [5.74, 6) is -2.03. The fourth-order valence-electron chi connectivity index (χ4n) is 3.42. The Hall–Kier alpha value is -1.59. The molecule has 0 saturated carbocycles. The van der Waals surface area contributed by atoms with Crippen LogP contribution in [0.25, 0.3) is 0 Å². The fourth-order valence-corrected chi connectivity index (χ4v) is 3.42. The molecule has 6 heteroatoms. The molecule has 1 unspecified atom stereocenters. The Bertz CT molecular complexity index is 426. The predicted octanol–water partition coefficient (Wildman–Crippen LogP) is 8.71. The Morgan fingerprint density at radius 3 is 1.12 bits per heavy atom. The van der Waals surface area contributed by atoms with Gasteiger partial charge in [0.05, 0.1) is 5.92 Å². The van der Waals surface area contributed by atoms with Crippen LogP contribution in [-0.2, 0) is 14.4 Å². The second kappa shape index (κ2) is 31.4. The van der Waals surface area contributed by atoms with E-state index in [-0.39, 0.29) is 5.92 Å². The maximum atomic E-state index is 10.9. The topological polar surface area (TPSA) is 112 Å². The molecule has 1 atom stereocenters. The number of carboxylic acids is 3. The molecule has 0 amide bonds. The van der Waals surface area contributed by atoms with Gasteiger partial charge in [-0.15, -0.1) is 0 Å². The lowest BCUT2D eigenvalue weighted by Gasteiger charge is -2.10. The largest absolute Gasteiger partial charge is 0.481 e. The molecule has 0 fully saturated rings. The Kier molecular flexibility index (Phi) is 34.2. The summed E-state index contributed by atoms with van der Waals surface area (Å²) in [5.41, 5.74) is 0. The summed E-state index contributed by atoms with van der Waals surface area (Å²) < 4.78 is 0. The van der Waals surface area contributed by atoms with Crippen LogP contribution in [0.3, 0.4) is 0 Å². The van der Waals surface area contributed by atoms with Gasteiger partial charge in [0.15, 0.2) is 0 Å². The highest BCUT2D eigenvalue weighted by molar-refractivity contribution is 5.69. The molecule has 6 nitrogen and oxygen atoms in total. The normalized spacial score (nSPS) is 10.9.